The molecule has 154 valence electrons. The molecule has 1 saturated carbocycles. The summed E-state index contributed by atoms with van der Waals surface area (Å²) in [6, 6.07) is 17.6. The van der Waals surface area contributed by atoms with Crippen LogP contribution in [0.15, 0.2) is 58.9 Å². The third kappa shape index (κ3) is 4.88. The van der Waals surface area contributed by atoms with E-state index < -0.39 is 5.25 Å². The first-order chi connectivity index (χ1) is 14.5. The second-order valence-electron chi connectivity index (χ2n) is 7.23. The summed E-state index contributed by atoms with van der Waals surface area (Å²) >= 11 is 2.70. The highest BCUT2D eigenvalue weighted by Crippen LogP contribution is 2.41. The smallest absolute Gasteiger partial charge is 0.242 e. The van der Waals surface area contributed by atoms with Crippen LogP contribution in [0.25, 0.3) is 0 Å². The Morgan fingerprint density at radius 3 is 2.43 bits per heavy atom. The number of hydrogen-bond donors (Lipinski definition) is 1. The second-order valence-corrected chi connectivity index (χ2v) is 9.54. The second kappa shape index (κ2) is 8.97. The van der Waals surface area contributed by atoms with Gasteiger partial charge in [0.15, 0.2) is 4.34 Å². The Hall–Kier alpha value is -2.71. The summed E-state index contributed by atoms with van der Waals surface area (Å²) in [5.74, 6) is -0.153. The molecule has 3 aromatic rings. The molecule has 8 heteroatoms. The number of anilines is 2. The third-order valence-corrected chi connectivity index (χ3v) is 6.99. The van der Waals surface area contributed by atoms with Crippen LogP contribution in [0, 0.1) is 6.92 Å². The van der Waals surface area contributed by atoms with Crippen molar-refractivity contribution < 1.29 is 9.59 Å². The Kier molecular flexibility index (Phi) is 6.15. The summed E-state index contributed by atoms with van der Waals surface area (Å²) in [4.78, 5) is 26.9. The fraction of sp³-hybridized carbons (Fsp3) is 0.273. The van der Waals surface area contributed by atoms with Crippen molar-refractivity contribution >= 4 is 45.7 Å². The molecule has 1 fully saturated rings. The number of benzene rings is 2. The van der Waals surface area contributed by atoms with Gasteiger partial charge in [0.25, 0.3) is 0 Å². The quantitative estimate of drug-likeness (QED) is 0.422. The lowest BCUT2D eigenvalue weighted by Gasteiger charge is -2.16. The molecule has 1 N–H and O–H groups in total. The van der Waals surface area contributed by atoms with E-state index in [1.54, 1.807) is 11.8 Å². The van der Waals surface area contributed by atoms with Crippen molar-refractivity contribution in [2.45, 2.75) is 42.3 Å². The summed E-state index contributed by atoms with van der Waals surface area (Å²) < 4.78 is 0.657. The van der Waals surface area contributed by atoms with E-state index in [2.05, 4.69) is 15.5 Å². The normalized spacial score (nSPS) is 14.2. The zero-order chi connectivity index (χ0) is 21.1. The average Bonchev–Trinajstić information content (AvgIpc) is 3.46. The zero-order valence-electron chi connectivity index (χ0n) is 16.7. The summed E-state index contributed by atoms with van der Waals surface area (Å²) in [5, 5.41) is 11.6. The van der Waals surface area contributed by atoms with Gasteiger partial charge in [-0.05, 0) is 37.5 Å². The first-order valence-electron chi connectivity index (χ1n) is 9.73. The van der Waals surface area contributed by atoms with Crippen LogP contribution in [-0.2, 0) is 9.59 Å². The van der Waals surface area contributed by atoms with Crippen molar-refractivity contribution in [2.75, 3.05) is 10.2 Å². The number of carbonyl (C=O) groups excluding carboxylic acids is 2. The van der Waals surface area contributed by atoms with E-state index in [4.69, 9.17) is 0 Å². The molecule has 1 heterocycles. The van der Waals surface area contributed by atoms with Crippen molar-refractivity contribution in [3.8, 4) is 0 Å². The summed E-state index contributed by atoms with van der Waals surface area (Å²) in [5.41, 5.74) is 2.77. The number of thioether (sulfide) groups is 1. The van der Waals surface area contributed by atoms with Crippen molar-refractivity contribution in [3.05, 3.63) is 65.7 Å². The number of aryl methyl sites for hydroxylation is 1. The summed E-state index contributed by atoms with van der Waals surface area (Å²) in [7, 11) is 0. The van der Waals surface area contributed by atoms with E-state index in [1.165, 1.54) is 23.1 Å². The molecule has 0 radical (unpaired) electrons. The van der Waals surface area contributed by atoms with Gasteiger partial charge in [0.05, 0.1) is 0 Å². The van der Waals surface area contributed by atoms with Crippen molar-refractivity contribution in [1.29, 1.82) is 0 Å². The Bertz CT molecular complexity index is 1030. The fourth-order valence-corrected chi connectivity index (χ4v) is 5.22. The largest absolute Gasteiger partial charge is 0.325 e. The lowest BCUT2D eigenvalue weighted by atomic mass is 10.1. The predicted octanol–water partition coefficient (Wildman–Crippen LogP) is 4.83. The number of rotatable bonds is 7. The van der Waals surface area contributed by atoms with E-state index in [1.807, 2.05) is 61.5 Å². The van der Waals surface area contributed by atoms with Crippen LogP contribution < -0.4 is 10.2 Å². The SMILES string of the molecule is CC(=O)N(c1nnc(SC(C(=O)Nc2ccc(C)cc2)c2ccccc2)s1)C1CC1. The molecule has 0 spiro atoms. The Morgan fingerprint density at radius 1 is 1.10 bits per heavy atom. The zero-order valence-corrected chi connectivity index (χ0v) is 18.4. The minimum atomic E-state index is -0.486. The molecular formula is C22H22N4O2S2. The molecule has 0 aliphatic heterocycles. The molecule has 1 unspecified atom stereocenters. The number of aromatic nitrogens is 2. The van der Waals surface area contributed by atoms with Crippen LogP contribution in [0.2, 0.25) is 0 Å². The summed E-state index contributed by atoms with van der Waals surface area (Å²) in [6.07, 6.45) is 1.99. The van der Waals surface area contributed by atoms with Crippen molar-refractivity contribution in [3.63, 3.8) is 0 Å². The van der Waals surface area contributed by atoms with Gasteiger partial charge in [-0.3, -0.25) is 14.5 Å². The molecule has 0 saturated heterocycles. The Labute approximate surface area is 183 Å². The summed E-state index contributed by atoms with van der Waals surface area (Å²) in [6.45, 7) is 3.56. The number of hydrogen-bond acceptors (Lipinski definition) is 6. The number of nitrogens with one attached hydrogen (secondary N) is 1. The minimum Gasteiger partial charge on any atom is -0.325 e. The van der Waals surface area contributed by atoms with Gasteiger partial charge in [0.2, 0.25) is 16.9 Å². The van der Waals surface area contributed by atoms with Gasteiger partial charge in [-0.15, -0.1) is 10.2 Å². The first-order valence-corrected chi connectivity index (χ1v) is 11.4. The van der Waals surface area contributed by atoms with Gasteiger partial charge in [-0.2, -0.15) is 0 Å². The molecule has 1 atom stereocenters. The third-order valence-electron chi connectivity index (χ3n) is 4.73. The minimum absolute atomic E-state index is 0.0260. The van der Waals surface area contributed by atoms with Crippen LogP contribution in [0.1, 0.15) is 36.1 Å². The van der Waals surface area contributed by atoms with Gasteiger partial charge >= 0.3 is 0 Å². The monoisotopic (exact) mass is 438 g/mol. The van der Waals surface area contributed by atoms with E-state index >= 15 is 0 Å². The lowest BCUT2D eigenvalue weighted by Crippen LogP contribution is -2.30. The molecule has 2 amide bonds. The molecule has 1 aliphatic carbocycles. The van der Waals surface area contributed by atoms with Crippen LogP contribution in [0.3, 0.4) is 0 Å². The first kappa shape index (κ1) is 20.6. The fourth-order valence-electron chi connectivity index (χ4n) is 3.07. The molecule has 4 rings (SSSR count). The van der Waals surface area contributed by atoms with Gasteiger partial charge in [0, 0.05) is 18.7 Å². The molecule has 6 nitrogen and oxygen atoms in total. The lowest BCUT2D eigenvalue weighted by molar-refractivity contribution is -0.117. The molecule has 0 bridgehead atoms. The maximum Gasteiger partial charge on any atom is 0.242 e. The number of nitrogens with zero attached hydrogens (tertiary/aromatic N) is 3. The highest BCUT2D eigenvalue weighted by Gasteiger charge is 2.34. The Morgan fingerprint density at radius 2 is 1.80 bits per heavy atom. The van der Waals surface area contributed by atoms with Gasteiger partial charge in [0.1, 0.15) is 5.25 Å². The van der Waals surface area contributed by atoms with Gasteiger partial charge < -0.3 is 5.32 Å². The van der Waals surface area contributed by atoms with Crippen molar-refractivity contribution in [2.24, 2.45) is 0 Å². The molecule has 30 heavy (non-hydrogen) atoms. The van der Waals surface area contributed by atoms with Crippen LogP contribution in [-0.4, -0.2) is 28.1 Å². The Balaban J connectivity index is 1.55. The average molecular weight is 439 g/mol. The maximum absolute atomic E-state index is 13.1. The van der Waals surface area contributed by atoms with Crippen LogP contribution >= 0.6 is 23.1 Å². The van der Waals surface area contributed by atoms with E-state index in [0.29, 0.717) is 9.47 Å². The highest BCUT2D eigenvalue weighted by molar-refractivity contribution is 8.02. The van der Waals surface area contributed by atoms with Gasteiger partial charge in [-0.1, -0.05) is 71.1 Å². The van der Waals surface area contributed by atoms with Crippen LogP contribution in [0.5, 0.6) is 0 Å². The van der Waals surface area contributed by atoms with E-state index in [0.717, 1.165) is 29.7 Å². The maximum atomic E-state index is 13.1. The van der Waals surface area contributed by atoms with E-state index in [9.17, 15) is 9.59 Å². The van der Waals surface area contributed by atoms with Crippen LogP contribution in [0.4, 0.5) is 10.8 Å². The molecule has 2 aromatic carbocycles. The number of carbonyl (C=O) groups is 2. The predicted molar refractivity (Wildman–Crippen MR) is 121 cm³/mol. The molecular weight excluding hydrogens is 416 g/mol. The molecule has 1 aliphatic rings. The van der Waals surface area contributed by atoms with E-state index in [-0.39, 0.29) is 17.9 Å². The topological polar surface area (TPSA) is 75.2 Å². The molecule has 1 aromatic heterocycles. The standard InChI is InChI=1S/C22H22N4O2S2/c1-14-8-10-17(11-9-14)23-20(28)19(16-6-4-3-5-7-16)29-22-25-24-21(30-22)26(15(2)27)18-12-13-18/h3-11,18-19H,12-13H2,1-2H3,(H,23,28). The van der Waals surface area contributed by atoms with Gasteiger partial charge in [-0.25, -0.2) is 0 Å². The number of amides is 2. The highest BCUT2D eigenvalue weighted by atomic mass is 32.2. The van der Waals surface area contributed by atoms with Crippen molar-refractivity contribution in [1.82, 2.24) is 10.2 Å².